The highest BCUT2D eigenvalue weighted by Crippen LogP contribution is 2.34. The van der Waals surface area contributed by atoms with Gasteiger partial charge in [-0.25, -0.2) is 0 Å². The van der Waals surface area contributed by atoms with Gasteiger partial charge in [-0.2, -0.15) is 0 Å². The van der Waals surface area contributed by atoms with Crippen LogP contribution in [0.2, 0.25) is 0 Å². The lowest BCUT2D eigenvalue weighted by Gasteiger charge is -2.22. The van der Waals surface area contributed by atoms with Gasteiger partial charge in [-0.1, -0.05) is 39.0 Å². The average Bonchev–Trinajstić information content (AvgIpc) is 2.35. The second-order valence-corrected chi connectivity index (χ2v) is 6.17. The Morgan fingerprint density at radius 2 is 1.75 bits per heavy atom. The minimum absolute atomic E-state index is 0.00976. The van der Waals surface area contributed by atoms with Crippen molar-refractivity contribution in [2.45, 2.75) is 33.1 Å². The standard InChI is InChI=1S/C18H20O2/c1-12-9-13(10-14-7-5-6-8-16(14)19)11-15(17(12)20)18(2,3)4/h5-11,20H,1-4H3/b14-10+. The van der Waals surface area contributed by atoms with Crippen LogP contribution in [0.5, 0.6) is 5.75 Å². The molecule has 0 amide bonds. The van der Waals surface area contributed by atoms with Crippen LogP contribution in [0.3, 0.4) is 0 Å². The van der Waals surface area contributed by atoms with Crippen LogP contribution < -0.4 is 0 Å². The number of hydrogen-bond donors (Lipinski definition) is 1. The van der Waals surface area contributed by atoms with Gasteiger partial charge in [0.1, 0.15) is 5.75 Å². The lowest BCUT2D eigenvalue weighted by atomic mass is 9.84. The number of phenolic OH excluding ortho intramolecular Hbond substituents is 1. The zero-order valence-electron chi connectivity index (χ0n) is 12.4. The van der Waals surface area contributed by atoms with Crippen LogP contribution in [0, 0.1) is 6.92 Å². The third-order valence-corrected chi connectivity index (χ3v) is 3.37. The molecule has 2 nitrogen and oxygen atoms in total. The van der Waals surface area contributed by atoms with E-state index in [0.29, 0.717) is 11.3 Å². The zero-order chi connectivity index (χ0) is 14.9. The van der Waals surface area contributed by atoms with Crippen LogP contribution in [0.15, 0.2) is 42.0 Å². The van der Waals surface area contributed by atoms with Crippen molar-refractivity contribution in [2.75, 3.05) is 0 Å². The van der Waals surface area contributed by atoms with Crippen molar-refractivity contribution < 1.29 is 9.90 Å². The summed E-state index contributed by atoms with van der Waals surface area (Å²) in [4.78, 5) is 11.8. The fourth-order valence-electron chi connectivity index (χ4n) is 2.24. The summed E-state index contributed by atoms with van der Waals surface area (Å²) >= 11 is 0. The molecule has 0 radical (unpaired) electrons. The van der Waals surface area contributed by atoms with Gasteiger partial charge in [0.15, 0.2) is 5.78 Å². The van der Waals surface area contributed by atoms with Crippen molar-refractivity contribution in [3.05, 3.63) is 58.7 Å². The van der Waals surface area contributed by atoms with Gasteiger partial charge in [-0.15, -0.1) is 0 Å². The minimum Gasteiger partial charge on any atom is -0.507 e. The van der Waals surface area contributed by atoms with Crippen molar-refractivity contribution in [2.24, 2.45) is 0 Å². The number of aryl methyl sites for hydroxylation is 1. The largest absolute Gasteiger partial charge is 0.507 e. The predicted molar refractivity (Wildman–Crippen MR) is 82.8 cm³/mol. The molecule has 2 rings (SSSR count). The van der Waals surface area contributed by atoms with Crippen molar-refractivity contribution in [3.8, 4) is 5.75 Å². The molecule has 0 fully saturated rings. The second kappa shape index (κ2) is 5.12. The number of aromatic hydroxyl groups is 1. The SMILES string of the molecule is Cc1cc(/C=C2\C=CC=CC2=O)cc(C(C)(C)C)c1O. The third kappa shape index (κ3) is 2.90. The number of benzene rings is 1. The predicted octanol–water partition coefficient (Wildman–Crippen LogP) is 4.08. The third-order valence-electron chi connectivity index (χ3n) is 3.37. The first kappa shape index (κ1) is 14.3. The van der Waals surface area contributed by atoms with Crippen LogP contribution >= 0.6 is 0 Å². The number of allylic oxidation sites excluding steroid dienone is 5. The Labute approximate surface area is 120 Å². The lowest BCUT2D eigenvalue weighted by molar-refractivity contribution is -0.111. The van der Waals surface area contributed by atoms with E-state index in [-0.39, 0.29) is 11.2 Å². The molecule has 1 aliphatic carbocycles. The Morgan fingerprint density at radius 3 is 2.35 bits per heavy atom. The molecule has 2 heteroatoms. The van der Waals surface area contributed by atoms with Gasteiger partial charge in [0.2, 0.25) is 0 Å². The van der Waals surface area contributed by atoms with Crippen molar-refractivity contribution in [3.63, 3.8) is 0 Å². The maximum absolute atomic E-state index is 11.8. The summed E-state index contributed by atoms with van der Waals surface area (Å²) in [6, 6.07) is 3.85. The van der Waals surface area contributed by atoms with Gasteiger partial charge in [0, 0.05) is 11.1 Å². The Bertz CT molecular complexity index is 638. The van der Waals surface area contributed by atoms with Crippen molar-refractivity contribution in [1.82, 2.24) is 0 Å². The van der Waals surface area contributed by atoms with Crippen LogP contribution in [0.1, 0.15) is 37.5 Å². The van der Waals surface area contributed by atoms with E-state index in [1.165, 1.54) is 0 Å². The summed E-state index contributed by atoms with van der Waals surface area (Å²) < 4.78 is 0. The van der Waals surface area contributed by atoms with E-state index in [1.807, 2.05) is 31.2 Å². The molecular weight excluding hydrogens is 248 g/mol. The molecule has 0 unspecified atom stereocenters. The average molecular weight is 268 g/mol. The van der Waals surface area contributed by atoms with Gasteiger partial charge in [-0.05, 0) is 47.8 Å². The smallest absolute Gasteiger partial charge is 0.185 e. The maximum atomic E-state index is 11.8. The number of phenols is 1. The summed E-state index contributed by atoms with van der Waals surface area (Å²) in [5.41, 5.74) is 3.18. The Morgan fingerprint density at radius 1 is 1.10 bits per heavy atom. The van der Waals surface area contributed by atoms with E-state index in [9.17, 15) is 9.90 Å². The molecule has 1 aliphatic rings. The topological polar surface area (TPSA) is 37.3 Å². The normalized spacial score (nSPS) is 17.0. The van der Waals surface area contributed by atoms with E-state index in [0.717, 1.165) is 16.7 Å². The summed E-state index contributed by atoms with van der Waals surface area (Å²) in [6.07, 6.45) is 8.82. The number of carbonyl (C=O) groups excluding carboxylic acids is 1. The fourth-order valence-corrected chi connectivity index (χ4v) is 2.24. The number of rotatable bonds is 1. The van der Waals surface area contributed by atoms with Crippen LogP contribution in [0.25, 0.3) is 6.08 Å². The Hall–Kier alpha value is -2.09. The molecule has 0 aromatic heterocycles. The molecule has 0 heterocycles. The van der Waals surface area contributed by atoms with Crippen LogP contribution in [-0.2, 0) is 10.2 Å². The highest BCUT2D eigenvalue weighted by molar-refractivity contribution is 6.10. The van der Waals surface area contributed by atoms with E-state index in [2.05, 4.69) is 20.8 Å². The van der Waals surface area contributed by atoms with Gasteiger partial charge in [0.05, 0.1) is 0 Å². The second-order valence-electron chi connectivity index (χ2n) is 6.17. The molecule has 0 saturated carbocycles. The maximum Gasteiger partial charge on any atom is 0.185 e. The Balaban J connectivity index is 2.52. The first-order valence-corrected chi connectivity index (χ1v) is 6.74. The van der Waals surface area contributed by atoms with E-state index < -0.39 is 0 Å². The van der Waals surface area contributed by atoms with Gasteiger partial charge < -0.3 is 5.11 Å². The quantitative estimate of drug-likeness (QED) is 0.779. The first-order chi connectivity index (χ1) is 9.29. The lowest BCUT2D eigenvalue weighted by Crippen LogP contribution is -2.12. The molecule has 1 aromatic rings. The van der Waals surface area contributed by atoms with Gasteiger partial charge in [0.25, 0.3) is 0 Å². The van der Waals surface area contributed by atoms with Crippen molar-refractivity contribution >= 4 is 11.9 Å². The molecule has 104 valence electrons. The number of carbonyl (C=O) groups is 1. The summed E-state index contributed by atoms with van der Waals surface area (Å²) in [5.74, 6) is 0.348. The molecule has 20 heavy (non-hydrogen) atoms. The van der Waals surface area contributed by atoms with Gasteiger partial charge in [-0.3, -0.25) is 4.79 Å². The van der Waals surface area contributed by atoms with E-state index >= 15 is 0 Å². The summed E-state index contributed by atoms with van der Waals surface area (Å²) in [5, 5.41) is 10.2. The first-order valence-electron chi connectivity index (χ1n) is 6.74. The highest BCUT2D eigenvalue weighted by Gasteiger charge is 2.20. The van der Waals surface area contributed by atoms with Gasteiger partial charge >= 0.3 is 0 Å². The molecule has 0 bridgehead atoms. The molecule has 0 saturated heterocycles. The van der Waals surface area contributed by atoms with Crippen LogP contribution in [-0.4, -0.2) is 10.9 Å². The number of hydrogen-bond acceptors (Lipinski definition) is 2. The molecular formula is C18H20O2. The molecule has 0 aliphatic heterocycles. The van der Waals surface area contributed by atoms with E-state index in [4.69, 9.17) is 0 Å². The van der Waals surface area contributed by atoms with Crippen LogP contribution in [0.4, 0.5) is 0 Å². The minimum atomic E-state index is -0.143. The molecule has 0 atom stereocenters. The molecule has 0 spiro atoms. The zero-order valence-corrected chi connectivity index (χ0v) is 12.4. The monoisotopic (exact) mass is 268 g/mol. The summed E-state index contributed by atoms with van der Waals surface area (Å²) in [7, 11) is 0. The summed E-state index contributed by atoms with van der Waals surface area (Å²) in [6.45, 7) is 8.07. The highest BCUT2D eigenvalue weighted by atomic mass is 16.3. The fraction of sp³-hybridized carbons (Fsp3) is 0.278. The van der Waals surface area contributed by atoms with E-state index in [1.54, 1.807) is 18.2 Å². The molecule has 1 aromatic carbocycles. The molecule has 1 N–H and O–H groups in total. The Kier molecular flexibility index (Phi) is 3.67. The number of ketones is 1. The van der Waals surface area contributed by atoms with Crippen molar-refractivity contribution in [1.29, 1.82) is 0 Å².